The van der Waals surface area contributed by atoms with Crippen molar-refractivity contribution < 1.29 is 14.3 Å². The van der Waals surface area contributed by atoms with Crippen LogP contribution in [0, 0.1) is 0 Å². The molecule has 3 N–H and O–H groups in total. The molecule has 7 nitrogen and oxygen atoms in total. The number of guanidine groups is 1. The molecular weight excluding hydrogens is 387 g/mol. The van der Waals surface area contributed by atoms with Gasteiger partial charge in [-0.25, -0.2) is 0 Å². The largest absolute Gasteiger partial charge is 0.382 e. The van der Waals surface area contributed by atoms with Crippen molar-refractivity contribution in [1.29, 1.82) is 0 Å². The lowest BCUT2D eigenvalue weighted by Gasteiger charge is -2.21. The summed E-state index contributed by atoms with van der Waals surface area (Å²) in [5, 5.41) is 8.86. The van der Waals surface area contributed by atoms with Crippen molar-refractivity contribution in [3.05, 3.63) is 0 Å². The van der Waals surface area contributed by atoms with Crippen LogP contribution in [0.15, 0.2) is 4.99 Å². The topological polar surface area (TPSA) is 84.0 Å². The van der Waals surface area contributed by atoms with Crippen molar-refractivity contribution in [1.82, 2.24) is 16.0 Å². The van der Waals surface area contributed by atoms with Gasteiger partial charge in [-0.15, -0.1) is 24.0 Å². The van der Waals surface area contributed by atoms with Gasteiger partial charge in [0, 0.05) is 26.2 Å². The highest BCUT2D eigenvalue weighted by Gasteiger charge is 2.13. The maximum atomic E-state index is 11.6. The Bertz CT molecular complexity index is 306. The van der Waals surface area contributed by atoms with E-state index in [0.717, 1.165) is 0 Å². The number of amides is 1. The third kappa shape index (κ3) is 15.6. The van der Waals surface area contributed by atoms with Crippen LogP contribution in [0.3, 0.4) is 0 Å². The molecule has 0 atom stereocenters. The molecule has 1 amide bonds. The van der Waals surface area contributed by atoms with Crippen molar-refractivity contribution in [3.63, 3.8) is 0 Å². The molecule has 126 valence electrons. The fourth-order valence-corrected chi connectivity index (χ4v) is 1.33. The molecule has 0 aromatic rings. The molecule has 0 aliphatic rings. The zero-order valence-corrected chi connectivity index (χ0v) is 15.9. The van der Waals surface area contributed by atoms with Crippen molar-refractivity contribution >= 4 is 35.8 Å². The first-order chi connectivity index (χ1) is 9.39. The fraction of sp³-hybridized carbons (Fsp3) is 0.846. The summed E-state index contributed by atoms with van der Waals surface area (Å²) in [6.45, 7) is 8.32. The highest BCUT2D eigenvalue weighted by atomic mass is 127. The van der Waals surface area contributed by atoms with Gasteiger partial charge in [-0.1, -0.05) is 0 Å². The van der Waals surface area contributed by atoms with Gasteiger partial charge in [0.05, 0.1) is 26.4 Å². The number of hydrogen-bond acceptors (Lipinski definition) is 4. The normalized spacial score (nSPS) is 11.6. The van der Waals surface area contributed by atoms with Crippen molar-refractivity contribution in [3.8, 4) is 0 Å². The first-order valence-electron chi connectivity index (χ1n) is 6.71. The van der Waals surface area contributed by atoms with Crippen LogP contribution in [0.2, 0.25) is 0 Å². The van der Waals surface area contributed by atoms with Crippen LogP contribution in [-0.4, -0.2) is 64.5 Å². The van der Waals surface area contributed by atoms with Crippen molar-refractivity contribution in [2.24, 2.45) is 4.99 Å². The third-order valence-electron chi connectivity index (χ3n) is 2.13. The lowest BCUT2D eigenvalue weighted by atomic mass is 10.1. The van der Waals surface area contributed by atoms with Crippen molar-refractivity contribution in [2.45, 2.75) is 26.3 Å². The van der Waals surface area contributed by atoms with Crippen LogP contribution in [0.4, 0.5) is 0 Å². The van der Waals surface area contributed by atoms with Gasteiger partial charge in [0.1, 0.15) is 0 Å². The Hall–Kier alpha value is -0.610. The summed E-state index contributed by atoms with van der Waals surface area (Å²) in [7, 11) is 3.29. The highest BCUT2D eigenvalue weighted by molar-refractivity contribution is 14.0. The number of ether oxygens (including phenoxy) is 2. The van der Waals surface area contributed by atoms with E-state index in [-0.39, 0.29) is 42.0 Å². The molecule has 0 unspecified atom stereocenters. The van der Waals surface area contributed by atoms with Crippen LogP contribution >= 0.6 is 24.0 Å². The van der Waals surface area contributed by atoms with E-state index in [4.69, 9.17) is 9.47 Å². The summed E-state index contributed by atoms with van der Waals surface area (Å²) in [4.78, 5) is 15.7. The standard InChI is InChI=1S/C13H28N4O3.HI/c1-13(2,3)17-11(18)10-16-12(14-4)15-6-7-20-9-8-19-5;/h6-10H2,1-5H3,(H,17,18)(H2,14,15,16);1H. The van der Waals surface area contributed by atoms with Crippen LogP contribution in [0.25, 0.3) is 0 Å². The predicted molar refractivity (Wildman–Crippen MR) is 95.4 cm³/mol. The van der Waals surface area contributed by atoms with Crippen molar-refractivity contribution in [2.75, 3.05) is 47.1 Å². The maximum Gasteiger partial charge on any atom is 0.239 e. The van der Waals surface area contributed by atoms with Gasteiger partial charge in [0.2, 0.25) is 5.91 Å². The van der Waals surface area contributed by atoms with E-state index in [1.54, 1.807) is 14.2 Å². The predicted octanol–water partition coefficient (Wildman–Crippen LogP) is 0.347. The number of nitrogens with one attached hydrogen (secondary N) is 3. The van der Waals surface area contributed by atoms with Gasteiger partial charge in [-0.3, -0.25) is 9.79 Å². The SMILES string of the molecule is CN=C(NCCOCCOC)NCC(=O)NC(C)(C)C.I. The van der Waals surface area contributed by atoms with Gasteiger partial charge < -0.3 is 25.4 Å². The molecule has 0 aromatic carbocycles. The Labute approximate surface area is 144 Å². The first kappa shape index (κ1) is 22.7. The number of carbonyl (C=O) groups is 1. The molecule has 0 rings (SSSR count). The van der Waals surface area contributed by atoms with E-state index in [1.807, 2.05) is 20.8 Å². The van der Waals surface area contributed by atoms with Gasteiger partial charge in [-0.2, -0.15) is 0 Å². The minimum absolute atomic E-state index is 0. The molecule has 0 saturated heterocycles. The van der Waals surface area contributed by atoms with E-state index in [9.17, 15) is 4.79 Å². The molecule has 0 aliphatic carbocycles. The van der Waals surface area contributed by atoms with Gasteiger partial charge in [0.15, 0.2) is 5.96 Å². The molecule has 0 heterocycles. The van der Waals surface area contributed by atoms with E-state index >= 15 is 0 Å². The number of carbonyl (C=O) groups excluding carboxylic acids is 1. The van der Waals surface area contributed by atoms with Gasteiger partial charge in [0.25, 0.3) is 0 Å². The van der Waals surface area contributed by atoms with E-state index in [2.05, 4.69) is 20.9 Å². The van der Waals surface area contributed by atoms with Gasteiger partial charge in [-0.05, 0) is 20.8 Å². The average molecular weight is 416 g/mol. The fourth-order valence-electron chi connectivity index (χ4n) is 1.33. The summed E-state index contributed by atoms with van der Waals surface area (Å²) >= 11 is 0. The van der Waals surface area contributed by atoms with Crippen LogP contribution in [0.5, 0.6) is 0 Å². The Morgan fingerprint density at radius 3 is 2.33 bits per heavy atom. The summed E-state index contributed by atoms with van der Waals surface area (Å²) in [6, 6.07) is 0. The lowest BCUT2D eigenvalue weighted by Crippen LogP contribution is -2.48. The molecule has 0 spiro atoms. The number of halogens is 1. The number of hydrogen-bond donors (Lipinski definition) is 3. The number of aliphatic imine (C=N–C) groups is 1. The number of nitrogens with zero attached hydrogens (tertiary/aromatic N) is 1. The van der Waals surface area contributed by atoms with E-state index in [1.165, 1.54) is 0 Å². The zero-order chi connectivity index (χ0) is 15.4. The Kier molecular flexibility index (Phi) is 14.1. The lowest BCUT2D eigenvalue weighted by molar-refractivity contribution is -0.121. The highest BCUT2D eigenvalue weighted by Crippen LogP contribution is 1.96. The second kappa shape index (κ2) is 13.1. The summed E-state index contributed by atoms with van der Waals surface area (Å²) in [5.41, 5.74) is -0.231. The Morgan fingerprint density at radius 2 is 1.81 bits per heavy atom. The van der Waals surface area contributed by atoms with Crippen LogP contribution < -0.4 is 16.0 Å². The maximum absolute atomic E-state index is 11.6. The minimum Gasteiger partial charge on any atom is -0.382 e. The smallest absolute Gasteiger partial charge is 0.239 e. The molecule has 0 aromatic heterocycles. The number of methoxy groups -OCH3 is 1. The molecule has 0 radical (unpaired) electrons. The second-order valence-corrected chi connectivity index (χ2v) is 5.26. The van der Waals surface area contributed by atoms with E-state index in [0.29, 0.717) is 32.3 Å². The molecular formula is C13H29IN4O3. The zero-order valence-electron chi connectivity index (χ0n) is 13.6. The third-order valence-corrected chi connectivity index (χ3v) is 2.13. The molecule has 0 saturated carbocycles. The van der Waals surface area contributed by atoms with Crippen LogP contribution in [-0.2, 0) is 14.3 Å². The monoisotopic (exact) mass is 416 g/mol. The first-order valence-corrected chi connectivity index (χ1v) is 6.71. The molecule has 0 bridgehead atoms. The summed E-state index contributed by atoms with van der Waals surface area (Å²) in [5.74, 6) is 0.501. The molecule has 8 heteroatoms. The number of rotatable bonds is 8. The summed E-state index contributed by atoms with van der Waals surface area (Å²) < 4.78 is 10.2. The van der Waals surface area contributed by atoms with Crippen LogP contribution in [0.1, 0.15) is 20.8 Å². The summed E-state index contributed by atoms with van der Waals surface area (Å²) in [6.07, 6.45) is 0. The molecule has 0 fully saturated rings. The Balaban J connectivity index is 0. The average Bonchev–Trinajstić information content (AvgIpc) is 2.35. The van der Waals surface area contributed by atoms with Gasteiger partial charge >= 0.3 is 0 Å². The Morgan fingerprint density at radius 1 is 1.14 bits per heavy atom. The quantitative estimate of drug-likeness (QED) is 0.230. The minimum atomic E-state index is -0.231. The molecule has 0 aliphatic heterocycles. The second-order valence-electron chi connectivity index (χ2n) is 5.26. The van der Waals surface area contributed by atoms with E-state index < -0.39 is 0 Å². The molecule has 21 heavy (non-hydrogen) atoms.